The molecule has 0 aromatic carbocycles. The number of ketones is 1. The number of Topliss-reactive ketones (excluding diaryl/α,β-unsaturated/α-hetero) is 1. The van der Waals surface area contributed by atoms with Crippen LogP contribution in [0.15, 0.2) is 21.1 Å². The Morgan fingerprint density at radius 1 is 0.818 bits per heavy atom. The van der Waals surface area contributed by atoms with Gasteiger partial charge in [-0.2, -0.15) is 0 Å². The minimum Gasteiger partial charge on any atom is -0.465 e. The quantitative estimate of drug-likeness (QED) is 0.363. The number of allylic oxidation sites excluding steroid dienone is 2. The number of rotatable bonds is 2. The van der Waals surface area contributed by atoms with Crippen LogP contribution in [0.5, 0.6) is 0 Å². The molecule has 0 N–H and O–H groups in total. The summed E-state index contributed by atoms with van der Waals surface area (Å²) in [4.78, 5) is 35.8. The Hall–Kier alpha value is -2.43. The minimum absolute atomic E-state index is 0.152. The minimum atomic E-state index is -0.688. The maximum atomic E-state index is 12.1. The van der Waals surface area contributed by atoms with Crippen LogP contribution in [0.25, 0.3) is 5.57 Å². The molecule has 1 fully saturated rings. The number of aryl methyl sites for hydroxylation is 2. The molecule has 2 heterocycles. The van der Waals surface area contributed by atoms with Crippen molar-refractivity contribution in [2.45, 2.75) is 41.5 Å². The number of cyclic esters (lactones) is 2. The lowest BCUT2D eigenvalue weighted by molar-refractivity contribution is -0.149. The summed E-state index contributed by atoms with van der Waals surface area (Å²) in [7, 11) is 0. The molecule has 0 bridgehead atoms. The summed E-state index contributed by atoms with van der Waals surface area (Å²) >= 11 is 0. The van der Waals surface area contributed by atoms with Crippen LogP contribution in [0.1, 0.15) is 55.1 Å². The van der Waals surface area contributed by atoms with E-state index in [1.54, 1.807) is 34.6 Å². The van der Waals surface area contributed by atoms with Gasteiger partial charge in [-0.25, -0.2) is 9.59 Å². The lowest BCUT2D eigenvalue weighted by Gasteiger charge is -2.07. The van der Waals surface area contributed by atoms with E-state index in [2.05, 4.69) is 0 Å². The van der Waals surface area contributed by atoms with E-state index in [1.807, 2.05) is 0 Å². The highest BCUT2D eigenvalue weighted by Crippen LogP contribution is 2.36. The van der Waals surface area contributed by atoms with E-state index in [0.717, 1.165) is 0 Å². The molecule has 5 heteroatoms. The van der Waals surface area contributed by atoms with Crippen molar-refractivity contribution in [3.05, 3.63) is 39.4 Å². The first-order valence-corrected chi connectivity index (χ1v) is 6.93. The molecule has 116 valence electrons. The van der Waals surface area contributed by atoms with Gasteiger partial charge in [0.05, 0.1) is 16.7 Å². The van der Waals surface area contributed by atoms with Crippen LogP contribution in [0, 0.1) is 13.8 Å². The number of carbonyl (C=O) groups is 3. The summed E-state index contributed by atoms with van der Waals surface area (Å²) in [5.74, 6) is -0.460. The molecular formula is C17H18O5. The Bertz CT molecular complexity index is 767. The standard InChI is InChI=1S/C17H18O5/c1-7(2)12-14(17(20)22-16(12)19)8(3)13-10(5)21-11(6)15(13)9(4)18/h1-6H3/b14-8+. The fourth-order valence-electron chi connectivity index (χ4n) is 2.87. The fraction of sp³-hybridized carbons (Fsp3) is 0.353. The van der Waals surface area contributed by atoms with E-state index in [-0.39, 0.29) is 16.9 Å². The van der Waals surface area contributed by atoms with Crippen molar-refractivity contribution in [3.8, 4) is 0 Å². The van der Waals surface area contributed by atoms with Crippen molar-refractivity contribution < 1.29 is 23.5 Å². The zero-order valence-electron chi connectivity index (χ0n) is 13.5. The smallest absolute Gasteiger partial charge is 0.347 e. The molecule has 0 amide bonds. The first kappa shape index (κ1) is 15.9. The molecule has 0 atom stereocenters. The van der Waals surface area contributed by atoms with E-state index in [1.165, 1.54) is 6.92 Å². The second-order valence-electron chi connectivity index (χ2n) is 5.57. The van der Waals surface area contributed by atoms with Crippen LogP contribution < -0.4 is 0 Å². The summed E-state index contributed by atoms with van der Waals surface area (Å²) in [5.41, 5.74) is 2.67. The molecule has 0 saturated carbocycles. The molecule has 0 spiro atoms. The SMILES string of the molecule is CC(=O)c1c(C)oc(C)c1/C(C)=C1/C(=O)OC(=O)C1=C(C)C. The summed E-state index contributed by atoms with van der Waals surface area (Å²) in [5, 5.41) is 0. The Morgan fingerprint density at radius 3 is 1.82 bits per heavy atom. The van der Waals surface area contributed by atoms with Gasteiger partial charge in [0.15, 0.2) is 5.78 Å². The van der Waals surface area contributed by atoms with Gasteiger partial charge in [-0.1, -0.05) is 5.57 Å². The van der Waals surface area contributed by atoms with Crippen LogP contribution in [-0.4, -0.2) is 17.7 Å². The predicted molar refractivity (Wildman–Crippen MR) is 80.3 cm³/mol. The van der Waals surface area contributed by atoms with Crippen LogP contribution in [0.2, 0.25) is 0 Å². The molecule has 0 radical (unpaired) electrons. The molecule has 1 saturated heterocycles. The maximum Gasteiger partial charge on any atom is 0.347 e. The average Bonchev–Trinajstić information content (AvgIpc) is 2.84. The second kappa shape index (κ2) is 5.40. The topological polar surface area (TPSA) is 73.6 Å². The second-order valence-corrected chi connectivity index (χ2v) is 5.57. The summed E-state index contributed by atoms with van der Waals surface area (Å²) < 4.78 is 10.3. The molecule has 1 aromatic rings. The monoisotopic (exact) mass is 302 g/mol. The van der Waals surface area contributed by atoms with Gasteiger partial charge in [0.1, 0.15) is 11.5 Å². The third-order valence-electron chi connectivity index (χ3n) is 3.71. The predicted octanol–water partition coefficient (Wildman–Crippen LogP) is 3.29. The zero-order valence-corrected chi connectivity index (χ0v) is 13.5. The first-order valence-electron chi connectivity index (χ1n) is 6.93. The van der Waals surface area contributed by atoms with E-state index in [9.17, 15) is 14.4 Å². The number of carbonyl (C=O) groups excluding carboxylic acids is 3. The maximum absolute atomic E-state index is 12.1. The molecule has 1 aliphatic rings. The summed E-state index contributed by atoms with van der Waals surface area (Å²) in [6.07, 6.45) is 0. The van der Waals surface area contributed by atoms with Crippen LogP contribution >= 0.6 is 0 Å². The Balaban J connectivity index is 2.83. The summed E-state index contributed by atoms with van der Waals surface area (Å²) in [6.45, 7) is 10.0. The van der Waals surface area contributed by atoms with Crippen molar-refractivity contribution in [1.29, 1.82) is 0 Å². The molecular weight excluding hydrogens is 284 g/mol. The Kier molecular flexibility index (Phi) is 3.92. The van der Waals surface area contributed by atoms with Crippen molar-refractivity contribution in [2.75, 3.05) is 0 Å². The highest BCUT2D eigenvalue weighted by molar-refractivity contribution is 6.22. The van der Waals surface area contributed by atoms with Crippen molar-refractivity contribution in [2.24, 2.45) is 0 Å². The van der Waals surface area contributed by atoms with Crippen LogP contribution in [0.3, 0.4) is 0 Å². The highest BCUT2D eigenvalue weighted by atomic mass is 16.6. The van der Waals surface area contributed by atoms with E-state index in [4.69, 9.17) is 9.15 Å². The molecule has 2 rings (SSSR count). The Morgan fingerprint density at radius 2 is 1.32 bits per heavy atom. The van der Waals surface area contributed by atoms with Gasteiger partial charge in [-0.05, 0) is 47.1 Å². The van der Waals surface area contributed by atoms with E-state index >= 15 is 0 Å². The summed E-state index contributed by atoms with van der Waals surface area (Å²) in [6, 6.07) is 0. The number of hydrogen-bond acceptors (Lipinski definition) is 5. The number of esters is 2. The third kappa shape index (κ3) is 2.32. The normalized spacial score (nSPS) is 16.9. The Labute approximate surface area is 128 Å². The van der Waals surface area contributed by atoms with E-state index in [0.29, 0.717) is 33.8 Å². The molecule has 0 unspecified atom stereocenters. The van der Waals surface area contributed by atoms with Gasteiger partial charge in [0, 0.05) is 5.56 Å². The van der Waals surface area contributed by atoms with Crippen LogP contribution in [-0.2, 0) is 14.3 Å². The largest absolute Gasteiger partial charge is 0.465 e. The van der Waals surface area contributed by atoms with Gasteiger partial charge in [-0.15, -0.1) is 0 Å². The number of furan rings is 1. The first-order chi connectivity index (χ1) is 10.2. The molecule has 5 nitrogen and oxygen atoms in total. The third-order valence-corrected chi connectivity index (χ3v) is 3.71. The van der Waals surface area contributed by atoms with Gasteiger partial charge >= 0.3 is 11.9 Å². The molecule has 1 aromatic heterocycles. The van der Waals surface area contributed by atoms with Crippen molar-refractivity contribution >= 4 is 23.3 Å². The molecule has 0 aliphatic carbocycles. The fourth-order valence-corrected chi connectivity index (χ4v) is 2.87. The van der Waals surface area contributed by atoms with Crippen LogP contribution in [0.4, 0.5) is 0 Å². The number of hydrogen-bond donors (Lipinski definition) is 0. The van der Waals surface area contributed by atoms with E-state index < -0.39 is 11.9 Å². The molecule has 22 heavy (non-hydrogen) atoms. The lowest BCUT2D eigenvalue weighted by Crippen LogP contribution is -2.03. The van der Waals surface area contributed by atoms with Crippen molar-refractivity contribution in [1.82, 2.24) is 0 Å². The molecule has 1 aliphatic heterocycles. The van der Waals surface area contributed by atoms with Gasteiger partial charge in [0.2, 0.25) is 0 Å². The lowest BCUT2D eigenvalue weighted by atomic mass is 9.91. The zero-order chi connectivity index (χ0) is 16.8. The van der Waals surface area contributed by atoms with Gasteiger partial charge in [-0.3, -0.25) is 4.79 Å². The number of ether oxygens (including phenoxy) is 1. The average molecular weight is 302 g/mol. The van der Waals surface area contributed by atoms with Gasteiger partial charge < -0.3 is 9.15 Å². The highest BCUT2D eigenvalue weighted by Gasteiger charge is 2.37. The van der Waals surface area contributed by atoms with Crippen molar-refractivity contribution in [3.63, 3.8) is 0 Å². The van der Waals surface area contributed by atoms with Gasteiger partial charge in [0.25, 0.3) is 0 Å².